The van der Waals surface area contributed by atoms with E-state index in [1.807, 2.05) is 0 Å². The van der Waals surface area contributed by atoms with Crippen LogP contribution in [0.2, 0.25) is 0 Å². The van der Waals surface area contributed by atoms with Crippen molar-refractivity contribution in [3.05, 3.63) is 35.9 Å². The van der Waals surface area contributed by atoms with Crippen LogP contribution in [0.15, 0.2) is 30.3 Å². The Morgan fingerprint density at radius 2 is 1.65 bits per heavy atom. The van der Waals surface area contributed by atoms with Crippen LogP contribution >= 0.6 is 0 Å². The normalized spacial score (nSPS) is 17.3. The minimum absolute atomic E-state index is 0.284. The van der Waals surface area contributed by atoms with E-state index in [4.69, 9.17) is 0 Å². The second kappa shape index (κ2) is 5.36. The lowest BCUT2D eigenvalue weighted by Crippen LogP contribution is -2.37. The number of rotatable bonds is 4. The molecule has 1 aromatic rings. The van der Waals surface area contributed by atoms with E-state index < -0.39 is 36.9 Å². The molecule has 20 heavy (non-hydrogen) atoms. The zero-order valence-electron chi connectivity index (χ0n) is 10.6. The highest BCUT2D eigenvalue weighted by Gasteiger charge is 2.47. The maximum absolute atomic E-state index is 12.3. The molecule has 0 aliphatic carbocycles. The van der Waals surface area contributed by atoms with Crippen LogP contribution in [0.25, 0.3) is 0 Å². The quantitative estimate of drug-likeness (QED) is 0.625. The maximum Gasteiger partial charge on any atom is 0.334 e. The van der Waals surface area contributed by atoms with Gasteiger partial charge in [0.2, 0.25) is 0 Å². The number of amides is 4. The molecule has 1 heterocycles. The summed E-state index contributed by atoms with van der Waals surface area (Å²) in [5, 5.41) is 0. The second-order valence-corrected chi connectivity index (χ2v) is 4.35. The predicted molar refractivity (Wildman–Crippen MR) is 64.8 cm³/mol. The third-order valence-corrected chi connectivity index (χ3v) is 3.07. The zero-order valence-corrected chi connectivity index (χ0v) is 10.6. The number of hydrogen-bond acceptors (Lipinski definition) is 3. The molecule has 0 aromatic heterocycles. The number of alkyl halides is 2. The van der Waals surface area contributed by atoms with E-state index in [1.165, 1.54) is 0 Å². The van der Waals surface area contributed by atoms with Crippen molar-refractivity contribution in [2.24, 2.45) is 0 Å². The summed E-state index contributed by atoms with van der Waals surface area (Å²) in [7, 11) is 0. The molecule has 1 aliphatic heterocycles. The number of imide groups is 2. The van der Waals surface area contributed by atoms with E-state index in [9.17, 15) is 23.2 Å². The van der Waals surface area contributed by atoms with Crippen LogP contribution in [0, 0.1) is 0 Å². The van der Waals surface area contributed by atoms with Gasteiger partial charge in [0.1, 0.15) is 0 Å². The minimum atomic E-state index is -2.87. The van der Waals surface area contributed by atoms with Crippen molar-refractivity contribution in [2.75, 3.05) is 6.54 Å². The highest BCUT2D eigenvalue weighted by molar-refractivity contribution is 6.44. The van der Waals surface area contributed by atoms with Crippen molar-refractivity contribution in [3.8, 4) is 0 Å². The summed E-state index contributed by atoms with van der Waals surface area (Å²) in [6, 6.07) is 6.87. The van der Waals surface area contributed by atoms with Crippen LogP contribution in [-0.4, -0.2) is 40.6 Å². The number of carbonyl (C=O) groups excluding carboxylic acids is 3. The molecular weight excluding hydrogens is 270 g/mol. The molecule has 0 spiro atoms. The lowest BCUT2D eigenvalue weighted by Gasteiger charge is -2.22. The van der Waals surface area contributed by atoms with Gasteiger partial charge in [-0.2, -0.15) is 0 Å². The molecule has 0 N–H and O–H groups in total. The van der Waals surface area contributed by atoms with Gasteiger partial charge in [-0.3, -0.25) is 9.59 Å². The molecule has 1 aliphatic rings. The number of nitrogens with zero attached hydrogens (tertiary/aromatic N) is 2. The molecule has 106 valence electrons. The summed E-state index contributed by atoms with van der Waals surface area (Å²) in [5.41, 5.74) is 0.640. The Labute approximate surface area is 113 Å². The fraction of sp³-hybridized carbons (Fsp3) is 0.308. The fourth-order valence-corrected chi connectivity index (χ4v) is 2.04. The third kappa shape index (κ3) is 2.38. The number of carbonyl (C=O) groups is 3. The van der Waals surface area contributed by atoms with E-state index in [-0.39, 0.29) is 4.90 Å². The van der Waals surface area contributed by atoms with E-state index in [1.54, 1.807) is 37.3 Å². The molecule has 4 amide bonds. The van der Waals surface area contributed by atoms with Crippen molar-refractivity contribution in [1.82, 2.24) is 9.80 Å². The highest BCUT2D eigenvalue weighted by Crippen LogP contribution is 2.26. The van der Waals surface area contributed by atoms with Crippen LogP contribution < -0.4 is 0 Å². The van der Waals surface area contributed by atoms with E-state index >= 15 is 0 Å². The fourth-order valence-electron chi connectivity index (χ4n) is 2.04. The first-order valence-corrected chi connectivity index (χ1v) is 5.95. The summed E-state index contributed by atoms with van der Waals surface area (Å²) >= 11 is 0. The summed E-state index contributed by atoms with van der Waals surface area (Å²) in [6.07, 6.45) is -2.87. The summed E-state index contributed by atoms with van der Waals surface area (Å²) < 4.78 is 24.7. The first kappa shape index (κ1) is 14.1. The maximum atomic E-state index is 12.3. The Morgan fingerprint density at radius 3 is 2.20 bits per heavy atom. The topological polar surface area (TPSA) is 57.7 Å². The molecule has 0 radical (unpaired) electrons. The van der Waals surface area contributed by atoms with Crippen LogP contribution in [0.1, 0.15) is 18.5 Å². The summed E-state index contributed by atoms with van der Waals surface area (Å²) in [5.74, 6) is -2.29. The third-order valence-electron chi connectivity index (χ3n) is 3.07. The van der Waals surface area contributed by atoms with Gasteiger partial charge >= 0.3 is 17.8 Å². The molecule has 2 rings (SSSR count). The Morgan fingerprint density at radius 1 is 1.05 bits per heavy atom. The van der Waals surface area contributed by atoms with Crippen LogP contribution in [0.4, 0.5) is 13.6 Å². The van der Waals surface area contributed by atoms with Gasteiger partial charge in [0.25, 0.3) is 6.43 Å². The molecule has 1 aromatic carbocycles. The molecule has 0 bridgehead atoms. The first-order chi connectivity index (χ1) is 9.43. The van der Waals surface area contributed by atoms with Crippen molar-refractivity contribution >= 4 is 17.8 Å². The zero-order chi connectivity index (χ0) is 14.9. The molecule has 7 heteroatoms. The molecular formula is C13H12F2N2O3. The summed E-state index contributed by atoms with van der Waals surface area (Å²) in [6.45, 7) is 0.492. The number of hydrogen-bond donors (Lipinski definition) is 0. The van der Waals surface area contributed by atoms with Crippen molar-refractivity contribution in [1.29, 1.82) is 0 Å². The lowest BCUT2D eigenvalue weighted by atomic mass is 10.1. The first-order valence-electron chi connectivity index (χ1n) is 5.95. The van der Waals surface area contributed by atoms with Crippen molar-refractivity contribution < 1.29 is 23.2 Å². The van der Waals surface area contributed by atoms with Crippen molar-refractivity contribution in [3.63, 3.8) is 0 Å². The number of halogens is 2. The van der Waals surface area contributed by atoms with Gasteiger partial charge < -0.3 is 0 Å². The standard InChI is InChI=1S/C13H12F2N2O3/c1-8(9-5-3-2-4-6-9)17-12(19)11(18)16(13(17)20)7-10(14)15/h2-6,8,10H,7H2,1H3/t8-/m1/s1. The average molecular weight is 282 g/mol. The molecule has 0 saturated carbocycles. The lowest BCUT2D eigenvalue weighted by molar-refractivity contribution is -0.144. The predicted octanol–water partition coefficient (Wildman–Crippen LogP) is 1.80. The Bertz CT molecular complexity index is 548. The highest BCUT2D eigenvalue weighted by atomic mass is 19.3. The van der Waals surface area contributed by atoms with Gasteiger partial charge in [-0.25, -0.2) is 23.4 Å². The SMILES string of the molecule is C[C@H](c1ccccc1)N1C(=O)C(=O)N(CC(F)F)C1=O. The smallest absolute Gasteiger partial charge is 0.263 e. The molecule has 1 fully saturated rings. The van der Waals surface area contributed by atoms with E-state index in [0.29, 0.717) is 10.5 Å². The minimum Gasteiger partial charge on any atom is -0.263 e. The summed E-state index contributed by atoms with van der Waals surface area (Å²) in [4.78, 5) is 36.3. The molecule has 0 unspecified atom stereocenters. The Balaban J connectivity index is 2.27. The van der Waals surface area contributed by atoms with Gasteiger partial charge in [-0.1, -0.05) is 30.3 Å². The van der Waals surface area contributed by atoms with Gasteiger partial charge in [0.05, 0.1) is 12.6 Å². The van der Waals surface area contributed by atoms with E-state index in [2.05, 4.69) is 0 Å². The number of urea groups is 1. The van der Waals surface area contributed by atoms with Gasteiger partial charge in [0, 0.05) is 0 Å². The largest absolute Gasteiger partial charge is 0.334 e. The average Bonchev–Trinajstić information content (AvgIpc) is 2.63. The van der Waals surface area contributed by atoms with Gasteiger partial charge in [-0.05, 0) is 12.5 Å². The Hall–Kier alpha value is -2.31. The molecule has 5 nitrogen and oxygen atoms in total. The van der Waals surface area contributed by atoms with Gasteiger partial charge in [0.15, 0.2) is 0 Å². The molecule has 1 atom stereocenters. The Kier molecular flexibility index (Phi) is 3.78. The monoisotopic (exact) mass is 282 g/mol. The van der Waals surface area contributed by atoms with Crippen molar-refractivity contribution in [2.45, 2.75) is 19.4 Å². The van der Waals surface area contributed by atoms with E-state index in [0.717, 1.165) is 0 Å². The van der Waals surface area contributed by atoms with Crippen LogP contribution in [-0.2, 0) is 9.59 Å². The molecule has 1 saturated heterocycles. The van der Waals surface area contributed by atoms with Crippen LogP contribution in [0.5, 0.6) is 0 Å². The van der Waals surface area contributed by atoms with Gasteiger partial charge in [-0.15, -0.1) is 0 Å². The second-order valence-electron chi connectivity index (χ2n) is 4.35. The van der Waals surface area contributed by atoms with Crippen LogP contribution in [0.3, 0.4) is 0 Å². The number of benzene rings is 1.